The average Bonchev–Trinajstić information content (AvgIpc) is 2.53. The van der Waals surface area contributed by atoms with E-state index in [0.29, 0.717) is 19.1 Å². The summed E-state index contributed by atoms with van der Waals surface area (Å²) in [5.41, 5.74) is 2.84. The van der Waals surface area contributed by atoms with Gasteiger partial charge in [0.05, 0.1) is 6.61 Å². The molecule has 1 fully saturated rings. The first-order chi connectivity index (χ1) is 9.84. The molecule has 0 bridgehead atoms. The Hall–Kier alpha value is -1.39. The van der Waals surface area contributed by atoms with E-state index in [-0.39, 0.29) is 12.0 Å². The van der Waals surface area contributed by atoms with Gasteiger partial charge < -0.3 is 15.4 Å². The van der Waals surface area contributed by atoms with Gasteiger partial charge >= 0.3 is 0 Å². The highest BCUT2D eigenvalue weighted by molar-refractivity contribution is 5.81. The number of nitrogens with one attached hydrogen (secondary N) is 2. The number of aryl methyl sites for hydroxylation is 1. The van der Waals surface area contributed by atoms with Gasteiger partial charge in [0, 0.05) is 25.6 Å². The predicted molar refractivity (Wildman–Crippen MR) is 77.7 cm³/mol. The monoisotopic (exact) mass is 274 g/mol. The molecule has 2 unspecified atom stereocenters. The molecular weight excluding hydrogens is 252 g/mol. The first-order valence-corrected chi connectivity index (χ1v) is 7.52. The quantitative estimate of drug-likeness (QED) is 0.871. The van der Waals surface area contributed by atoms with Crippen molar-refractivity contribution in [3.63, 3.8) is 0 Å². The third kappa shape index (κ3) is 3.02. The largest absolute Gasteiger partial charge is 0.366 e. The van der Waals surface area contributed by atoms with E-state index in [2.05, 4.69) is 34.9 Å². The number of fused-ring (bicyclic) bond motifs is 1. The van der Waals surface area contributed by atoms with Gasteiger partial charge in [-0.05, 0) is 30.4 Å². The second kappa shape index (κ2) is 6.37. The van der Waals surface area contributed by atoms with Crippen LogP contribution in [-0.4, -0.2) is 38.3 Å². The topological polar surface area (TPSA) is 50.4 Å². The summed E-state index contributed by atoms with van der Waals surface area (Å²) in [7, 11) is 0. The molecule has 2 N–H and O–H groups in total. The number of morpholine rings is 1. The van der Waals surface area contributed by atoms with Crippen LogP contribution in [0, 0.1) is 0 Å². The van der Waals surface area contributed by atoms with Crippen LogP contribution in [0.3, 0.4) is 0 Å². The number of amides is 1. The molecule has 108 valence electrons. The van der Waals surface area contributed by atoms with Gasteiger partial charge in [0.2, 0.25) is 5.91 Å². The van der Waals surface area contributed by atoms with Crippen molar-refractivity contribution in [1.82, 2.24) is 10.6 Å². The van der Waals surface area contributed by atoms with Crippen LogP contribution in [0.2, 0.25) is 0 Å². The fraction of sp³-hybridized carbons (Fsp3) is 0.562. The Labute approximate surface area is 119 Å². The maximum Gasteiger partial charge on any atom is 0.250 e. The maximum atomic E-state index is 12.1. The number of carbonyl (C=O) groups excluding carboxylic acids is 1. The summed E-state index contributed by atoms with van der Waals surface area (Å²) in [6, 6.07) is 8.59. The molecule has 1 heterocycles. The van der Waals surface area contributed by atoms with Gasteiger partial charge in [-0.3, -0.25) is 4.79 Å². The molecule has 1 amide bonds. The van der Waals surface area contributed by atoms with Crippen molar-refractivity contribution in [2.75, 3.05) is 26.2 Å². The van der Waals surface area contributed by atoms with Crippen molar-refractivity contribution < 1.29 is 9.53 Å². The van der Waals surface area contributed by atoms with Crippen LogP contribution < -0.4 is 10.6 Å². The zero-order valence-electron chi connectivity index (χ0n) is 11.7. The van der Waals surface area contributed by atoms with Crippen LogP contribution in [0.1, 0.15) is 29.9 Å². The van der Waals surface area contributed by atoms with Gasteiger partial charge in [0.1, 0.15) is 6.10 Å². The van der Waals surface area contributed by atoms with Crippen molar-refractivity contribution in [2.45, 2.75) is 31.3 Å². The average molecular weight is 274 g/mol. The summed E-state index contributed by atoms with van der Waals surface area (Å²) < 4.78 is 5.47. The van der Waals surface area contributed by atoms with Crippen molar-refractivity contribution in [1.29, 1.82) is 0 Å². The van der Waals surface area contributed by atoms with Crippen LogP contribution in [-0.2, 0) is 16.0 Å². The first-order valence-electron chi connectivity index (χ1n) is 7.52. The van der Waals surface area contributed by atoms with Crippen molar-refractivity contribution >= 4 is 5.91 Å². The fourth-order valence-electron chi connectivity index (χ4n) is 3.14. The second-order valence-electron chi connectivity index (χ2n) is 5.60. The lowest BCUT2D eigenvalue weighted by atomic mass is 9.83. The zero-order valence-corrected chi connectivity index (χ0v) is 11.7. The molecule has 0 spiro atoms. The minimum absolute atomic E-state index is 0.0141. The summed E-state index contributed by atoms with van der Waals surface area (Å²) in [5, 5.41) is 6.24. The van der Waals surface area contributed by atoms with Gasteiger partial charge in [0.15, 0.2) is 0 Å². The Bertz CT molecular complexity index is 469. The molecule has 2 aliphatic rings. The highest BCUT2D eigenvalue weighted by atomic mass is 16.5. The molecule has 1 aromatic rings. The molecule has 1 aliphatic heterocycles. The highest BCUT2D eigenvalue weighted by Crippen LogP contribution is 2.30. The normalized spacial score (nSPS) is 25.8. The number of hydrogen-bond acceptors (Lipinski definition) is 3. The zero-order chi connectivity index (χ0) is 13.8. The van der Waals surface area contributed by atoms with E-state index >= 15 is 0 Å². The van der Waals surface area contributed by atoms with Gasteiger partial charge in [-0.1, -0.05) is 24.3 Å². The van der Waals surface area contributed by atoms with Crippen LogP contribution in [0.15, 0.2) is 24.3 Å². The maximum absolute atomic E-state index is 12.1. The Morgan fingerprint density at radius 2 is 2.30 bits per heavy atom. The first kappa shape index (κ1) is 13.6. The molecule has 0 saturated carbocycles. The van der Waals surface area contributed by atoms with Crippen LogP contribution in [0.25, 0.3) is 0 Å². The van der Waals surface area contributed by atoms with Gasteiger partial charge in [-0.2, -0.15) is 0 Å². The Morgan fingerprint density at radius 3 is 3.15 bits per heavy atom. The molecule has 0 radical (unpaired) electrons. The van der Waals surface area contributed by atoms with E-state index < -0.39 is 0 Å². The van der Waals surface area contributed by atoms with Crippen LogP contribution in [0.4, 0.5) is 0 Å². The van der Waals surface area contributed by atoms with E-state index in [1.165, 1.54) is 17.5 Å². The Balaban J connectivity index is 1.57. The molecule has 4 heteroatoms. The van der Waals surface area contributed by atoms with E-state index in [9.17, 15) is 4.79 Å². The van der Waals surface area contributed by atoms with E-state index in [4.69, 9.17) is 4.74 Å². The summed E-state index contributed by atoms with van der Waals surface area (Å²) in [4.78, 5) is 12.1. The number of ether oxygens (including phenoxy) is 1. The lowest BCUT2D eigenvalue weighted by Crippen LogP contribution is -2.48. The SMILES string of the molecule is O=C(NCC1CCCc2ccccc21)C1CNCCO1. The molecule has 1 aromatic carbocycles. The third-order valence-electron chi connectivity index (χ3n) is 4.24. The molecule has 3 rings (SSSR count). The van der Waals surface area contributed by atoms with Crippen LogP contribution in [0.5, 0.6) is 0 Å². The van der Waals surface area contributed by atoms with Crippen molar-refractivity contribution in [2.24, 2.45) is 0 Å². The van der Waals surface area contributed by atoms with Crippen molar-refractivity contribution in [3.8, 4) is 0 Å². The minimum atomic E-state index is -0.331. The standard InChI is InChI=1S/C16H22N2O2/c19-16(15-11-17-8-9-20-15)18-10-13-6-3-5-12-4-1-2-7-14(12)13/h1-2,4,7,13,15,17H,3,5-6,8-11H2,(H,18,19). The summed E-state index contributed by atoms with van der Waals surface area (Å²) in [6.07, 6.45) is 3.19. The molecule has 2 atom stereocenters. The van der Waals surface area contributed by atoms with Crippen molar-refractivity contribution in [3.05, 3.63) is 35.4 Å². The minimum Gasteiger partial charge on any atom is -0.366 e. The van der Waals surface area contributed by atoms with Gasteiger partial charge in [0.25, 0.3) is 0 Å². The molecule has 20 heavy (non-hydrogen) atoms. The second-order valence-corrected chi connectivity index (χ2v) is 5.60. The summed E-state index contributed by atoms with van der Waals surface area (Å²) in [6.45, 7) is 2.78. The Morgan fingerprint density at radius 1 is 1.40 bits per heavy atom. The molecule has 1 aliphatic carbocycles. The summed E-state index contributed by atoms with van der Waals surface area (Å²) in [5.74, 6) is 0.459. The lowest BCUT2D eigenvalue weighted by molar-refractivity contribution is -0.134. The van der Waals surface area contributed by atoms with Crippen LogP contribution >= 0.6 is 0 Å². The van der Waals surface area contributed by atoms with Gasteiger partial charge in [-0.25, -0.2) is 0 Å². The highest BCUT2D eigenvalue weighted by Gasteiger charge is 2.24. The molecular formula is C16H22N2O2. The molecule has 0 aromatic heterocycles. The molecule has 1 saturated heterocycles. The lowest BCUT2D eigenvalue weighted by Gasteiger charge is -2.27. The van der Waals surface area contributed by atoms with E-state index in [1.807, 2.05) is 0 Å². The predicted octanol–water partition coefficient (Wildman–Crippen LogP) is 1.21. The third-order valence-corrected chi connectivity index (χ3v) is 4.24. The number of hydrogen-bond donors (Lipinski definition) is 2. The molecule has 4 nitrogen and oxygen atoms in total. The number of rotatable bonds is 3. The van der Waals surface area contributed by atoms with E-state index in [0.717, 1.165) is 25.9 Å². The number of benzene rings is 1. The number of carbonyl (C=O) groups is 1. The van der Waals surface area contributed by atoms with E-state index in [1.54, 1.807) is 0 Å². The van der Waals surface area contributed by atoms with Gasteiger partial charge in [-0.15, -0.1) is 0 Å². The fourth-order valence-corrected chi connectivity index (χ4v) is 3.14. The summed E-state index contributed by atoms with van der Waals surface area (Å²) >= 11 is 0. The smallest absolute Gasteiger partial charge is 0.250 e. The Kier molecular flexibility index (Phi) is 4.33.